The van der Waals surface area contributed by atoms with Gasteiger partial charge in [0.1, 0.15) is 12.4 Å². The Hall–Kier alpha value is -2.57. The lowest BCUT2D eigenvalue weighted by Crippen LogP contribution is -2.37. The van der Waals surface area contributed by atoms with E-state index in [1.54, 1.807) is 0 Å². The lowest BCUT2D eigenvalue weighted by Gasteiger charge is -2.30. The molecule has 6 nitrogen and oxygen atoms in total. The smallest absolute Gasteiger partial charge is 0.258 e. The van der Waals surface area contributed by atoms with Crippen LogP contribution in [0.15, 0.2) is 42.5 Å². The van der Waals surface area contributed by atoms with E-state index >= 15 is 0 Å². The first kappa shape index (κ1) is 21.7. The summed E-state index contributed by atoms with van der Waals surface area (Å²) < 4.78 is 5.68. The fourth-order valence-corrected chi connectivity index (χ4v) is 4.26. The molecule has 0 aromatic heterocycles. The van der Waals surface area contributed by atoms with Crippen LogP contribution in [-0.2, 0) is 6.42 Å². The summed E-state index contributed by atoms with van der Waals surface area (Å²) in [5.74, 6) is 0.741. The van der Waals surface area contributed by atoms with Gasteiger partial charge in [0, 0.05) is 43.1 Å². The summed E-state index contributed by atoms with van der Waals surface area (Å²) >= 11 is 0. The van der Waals surface area contributed by atoms with E-state index in [0.29, 0.717) is 18.7 Å². The number of anilines is 2. The zero-order valence-corrected chi connectivity index (χ0v) is 18.6. The minimum Gasteiger partial charge on any atom is -0.491 e. The van der Waals surface area contributed by atoms with Crippen LogP contribution in [0.25, 0.3) is 0 Å². The first-order valence-electron chi connectivity index (χ1n) is 11.3. The number of carbonyl (C=O) groups is 1. The molecule has 0 aliphatic carbocycles. The molecule has 1 N–H and O–H groups in total. The van der Waals surface area contributed by atoms with Crippen molar-refractivity contribution in [2.24, 2.45) is 0 Å². The SMILES string of the molecule is CCC(O)COc1ccc2c(c1)CCN(c1ccc(N3CCCN(C)CC3)cc1)C2=O. The van der Waals surface area contributed by atoms with Gasteiger partial charge in [-0.05, 0) is 80.9 Å². The van der Waals surface area contributed by atoms with E-state index in [1.807, 2.05) is 30.0 Å². The molecule has 2 aliphatic heterocycles. The summed E-state index contributed by atoms with van der Waals surface area (Å²) in [4.78, 5) is 19.8. The summed E-state index contributed by atoms with van der Waals surface area (Å²) in [6, 6.07) is 14.0. The van der Waals surface area contributed by atoms with E-state index in [1.165, 1.54) is 12.1 Å². The number of aliphatic hydroxyl groups excluding tert-OH is 1. The number of nitrogens with zero attached hydrogens (tertiary/aromatic N) is 3. The quantitative estimate of drug-likeness (QED) is 0.773. The van der Waals surface area contributed by atoms with E-state index in [0.717, 1.165) is 49.4 Å². The van der Waals surface area contributed by atoms with Crippen molar-refractivity contribution < 1.29 is 14.6 Å². The molecule has 0 radical (unpaired) electrons. The molecule has 0 saturated carbocycles. The number of ether oxygens (including phenoxy) is 1. The average Bonchev–Trinajstić information content (AvgIpc) is 3.02. The molecule has 1 unspecified atom stereocenters. The number of carbonyl (C=O) groups excluding carboxylic acids is 1. The molecule has 0 spiro atoms. The van der Waals surface area contributed by atoms with Crippen molar-refractivity contribution in [1.29, 1.82) is 0 Å². The number of hydrogen-bond acceptors (Lipinski definition) is 5. The number of fused-ring (bicyclic) bond motifs is 1. The van der Waals surface area contributed by atoms with Crippen molar-refractivity contribution in [3.8, 4) is 5.75 Å². The highest BCUT2D eigenvalue weighted by Crippen LogP contribution is 2.29. The van der Waals surface area contributed by atoms with E-state index in [9.17, 15) is 9.90 Å². The highest BCUT2D eigenvalue weighted by molar-refractivity contribution is 6.08. The second kappa shape index (κ2) is 9.71. The zero-order valence-electron chi connectivity index (χ0n) is 18.6. The molecule has 166 valence electrons. The van der Waals surface area contributed by atoms with E-state index in [-0.39, 0.29) is 12.5 Å². The van der Waals surface area contributed by atoms with E-state index < -0.39 is 6.10 Å². The Labute approximate surface area is 185 Å². The first-order valence-corrected chi connectivity index (χ1v) is 11.3. The number of amides is 1. The van der Waals surface area contributed by atoms with Crippen molar-refractivity contribution in [3.05, 3.63) is 53.6 Å². The van der Waals surface area contributed by atoms with Gasteiger partial charge in [-0.1, -0.05) is 6.92 Å². The van der Waals surface area contributed by atoms with Crippen LogP contribution in [-0.4, -0.2) is 68.4 Å². The van der Waals surface area contributed by atoms with Crippen LogP contribution in [0, 0.1) is 0 Å². The predicted molar refractivity (Wildman–Crippen MR) is 124 cm³/mol. The van der Waals surface area contributed by atoms with Crippen molar-refractivity contribution in [2.45, 2.75) is 32.3 Å². The molecule has 1 amide bonds. The van der Waals surface area contributed by atoms with Gasteiger partial charge in [0.25, 0.3) is 5.91 Å². The number of benzene rings is 2. The van der Waals surface area contributed by atoms with E-state index in [4.69, 9.17) is 4.74 Å². The first-order chi connectivity index (χ1) is 15.0. The molecular weight excluding hydrogens is 390 g/mol. The minimum atomic E-state index is -0.466. The molecule has 1 atom stereocenters. The number of likely N-dealkylation sites (N-methyl/N-ethyl adjacent to an activating group) is 1. The molecule has 2 aromatic rings. The summed E-state index contributed by atoms with van der Waals surface area (Å²) in [6.07, 6.45) is 2.15. The number of hydrogen-bond donors (Lipinski definition) is 1. The van der Waals surface area contributed by atoms with Crippen molar-refractivity contribution in [3.63, 3.8) is 0 Å². The topological polar surface area (TPSA) is 56.3 Å². The molecule has 2 heterocycles. The number of rotatable bonds is 6. The maximum Gasteiger partial charge on any atom is 0.258 e. The summed E-state index contributed by atoms with van der Waals surface area (Å²) in [5, 5.41) is 9.70. The summed E-state index contributed by atoms with van der Waals surface area (Å²) in [7, 11) is 2.18. The predicted octanol–water partition coefficient (Wildman–Crippen LogP) is 3.18. The van der Waals surface area contributed by atoms with Crippen molar-refractivity contribution >= 4 is 17.3 Å². The van der Waals surface area contributed by atoms with Crippen molar-refractivity contribution in [2.75, 3.05) is 56.2 Å². The zero-order chi connectivity index (χ0) is 21.8. The Morgan fingerprint density at radius 1 is 1.00 bits per heavy atom. The van der Waals surface area contributed by atoms with Gasteiger partial charge in [-0.25, -0.2) is 0 Å². The molecule has 6 heteroatoms. The second-order valence-electron chi connectivity index (χ2n) is 8.56. The fourth-order valence-electron chi connectivity index (χ4n) is 4.26. The van der Waals surface area contributed by atoms with Gasteiger partial charge in [0.15, 0.2) is 0 Å². The lowest BCUT2D eigenvalue weighted by molar-refractivity contribution is 0.0978. The van der Waals surface area contributed by atoms with Crippen LogP contribution in [0.1, 0.15) is 35.7 Å². The van der Waals surface area contributed by atoms with Gasteiger partial charge in [-0.15, -0.1) is 0 Å². The van der Waals surface area contributed by atoms with Gasteiger partial charge in [0.2, 0.25) is 0 Å². The van der Waals surface area contributed by atoms with Gasteiger partial charge in [0.05, 0.1) is 6.10 Å². The van der Waals surface area contributed by atoms with Crippen LogP contribution in [0.3, 0.4) is 0 Å². The van der Waals surface area contributed by atoms with Crippen LogP contribution >= 0.6 is 0 Å². The highest BCUT2D eigenvalue weighted by atomic mass is 16.5. The van der Waals surface area contributed by atoms with Gasteiger partial charge >= 0.3 is 0 Å². The normalized spacial score (nSPS) is 18.5. The van der Waals surface area contributed by atoms with Gasteiger partial charge < -0.3 is 24.5 Å². The second-order valence-corrected chi connectivity index (χ2v) is 8.56. The monoisotopic (exact) mass is 423 g/mol. The minimum absolute atomic E-state index is 0.0329. The lowest BCUT2D eigenvalue weighted by atomic mass is 9.98. The van der Waals surface area contributed by atoms with Crippen molar-refractivity contribution in [1.82, 2.24) is 4.90 Å². The Bertz CT molecular complexity index is 899. The van der Waals surface area contributed by atoms with E-state index in [2.05, 4.69) is 41.1 Å². The standard InChI is InChI=1S/C25H33N3O3/c1-3-22(29)18-31-23-9-10-24-19(17-23)11-14-28(25(24)30)21-7-5-20(6-8-21)27-13-4-12-26(2)15-16-27/h5-10,17,22,29H,3-4,11-16,18H2,1-2H3. The van der Waals surface area contributed by atoms with Gasteiger partial charge in [-0.3, -0.25) is 4.79 Å². The third-order valence-corrected chi connectivity index (χ3v) is 6.32. The Morgan fingerprint density at radius 2 is 1.77 bits per heavy atom. The summed E-state index contributed by atoms with van der Waals surface area (Å²) in [5.41, 5.74) is 3.90. The molecule has 4 rings (SSSR count). The largest absolute Gasteiger partial charge is 0.491 e. The Morgan fingerprint density at radius 3 is 2.55 bits per heavy atom. The highest BCUT2D eigenvalue weighted by Gasteiger charge is 2.26. The number of aliphatic hydroxyl groups is 1. The van der Waals surface area contributed by atoms with Crippen LogP contribution in [0.2, 0.25) is 0 Å². The molecule has 0 bridgehead atoms. The third kappa shape index (κ3) is 5.02. The molecule has 1 saturated heterocycles. The molecule has 2 aromatic carbocycles. The van der Waals surface area contributed by atoms with Crippen LogP contribution in [0.4, 0.5) is 11.4 Å². The average molecular weight is 424 g/mol. The summed E-state index contributed by atoms with van der Waals surface area (Å²) in [6.45, 7) is 7.17. The maximum atomic E-state index is 13.1. The maximum absolute atomic E-state index is 13.1. The third-order valence-electron chi connectivity index (χ3n) is 6.32. The molecular formula is C25H33N3O3. The molecule has 2 aliphatic rings. The fraction of sp³-hybridized carbons (Fsp3) is 0.480. The van der Waals surface area contributed by atoms with Crippen LogP contribution in [0.5, 0.6) is 5.75 Å². The molecule has 1 fully saturated rings. The Balaban J connectivity index is 1.44. The Kier molecular flexibility index (Phi) is 6.78. The molecule has 31 heavy (non-hydrogen) atoms. The van der Waals surface area contributed by atoms with Crippen LogP contribution < -0.4 is 14.5 Å². The van der Waals surface area contributed by atoms with Gasteiger partial charge in [-0.2, -0.15) is 0 Å².